The standard InChI is InChI=1S/C16H17N3O4S/c1-9-17-14(8-24(20,21)22)16-15-11(5-6-19(9)16)12-7-10(23-2)3-4-13(12)18-15/h3-4,7,18H,5-6,8H2,1-2H3,(H,20,21,22). The van der Waals surface area contributed by atoms with Crippen molar-refractivity contribution in [2.75, 3.05) is 7.11 Å². The second-order valence-corrected chi connectivity index (χ2v) is 7.42. The van der Waals surface area contributed by atoms with Crippen LogP contribution in [0.15, 0.2) is 18.2 Å². The third-order valence-electron chi connectivity index (χ3n) is 4.49. The molecule has 0 unspecified atom stereocenters. The smallest absolute Gasteiger partial charge is 0.270 e. The average Bonchev–Trinajstić information content (AvgIpc) is 3.03. The summed E-state index contributed by atoms with van der Waals surface area (Å²) in [6.07, 6.45) is 0.817. The normalized spacial score (nSPS) is 13.8. The molecule has 2 aromatic heterocycles. The summed E-state index contributed by atoms with van der Waals surface area (Å²) in [7, 11) is -2.52. The Balaban J connectivity index is 1.97. The van der Waals surface area contributed by atoms with Crippen molar-refractivity contribution in [1.82, 2.24) is 14.5 Å². The van der Waals surface area contributed by atoms with E-state index in [9.17, 15) is 13.0 Å². The Morgan fingerprint density at radius 1 is 1.42 bits per heavy atom. The van der Waals surface area contributed by atoms with Crippen LogP contribution in [-0.2, 0) is 28.8 Å². The summed E-state index contributed by atoms with van der Waals surface area (Å²) >= 11 is 0. The number of aromatic amines is 1. The van der Waals surface area contributed by atoms with Crippen molar-refractivity contribution in [3.63, 3.8) is 0 Å². The summed E-state index contributed by atoms with van der Waals surface area (Å²) in [5.74, 6) is 1.03. The van der Waals surface area contributed by atoms with Crippen LogP contribution in [0, 0.1) is 6.92 Å². The van der Waals surface area contributed by atoms with Gasteiger partial charge in [0.1, 0.15) is 17.3 Å². The molecular weight excluding hydrogens is 330 g/mol. The van der Waals surface area contributed by atoms with E-state index in [1.165, 1.54) is 0 Å². The number of fused-ring (bicyclic) bond motifs is 5. The van der Waals surface area contributed by atoms with Gasteiger partial charge in [-0.1, -0.05) is 0 Å². The molecule has 1 aromatic carbocycles. The van der Waals surface area contributed by atoms with Crippen molar-refractivity contribution < 1.29 is 17.7 Å². The van der Waals surface area contributed by atoms with E-state index < -0.39 is 15.9 Å². The van der Waals surface area contributed by atoms with Gasteiger partial charge in [-0.25, -0.2) is 4.98 Å². The highest BCUT2D eigenvalue weighted by Gasteiger charge is 2.28. The van der Waals surface area contributed by atoms with E-state index in [-0.39, 0.29) is 0 Å². The Morgan fingerprint density at radius 3 is 2.92 bits per heavy atom. The topological polar surface area (TPSA) is 97.2 Å². The zero-order chi connectivity index (χ0) is 17.1. The number of nitrogens with one attached hydrogen (secondary N) is 1. The number of aryl methyl sites for hydroxylation is 2. The molecule has 1 aliphatic rings. The van der Waals surface area contributed by atoms with Gasteiger partial charge < -0.3 is 14.3 Å². The van der Waals surface area contributed by atoms with Gasteiger partial charge in [-0.05, 0) is 37.1 Å². The van der Waals surface area contributed by atoms with Crippen molar-refractivity contribution in [1.29, 1.82) is 0 Å². The van der Waals surface area contributed by atoms with Gasteiger partial charge in [0, 0.05) is 17.4 Å². The van der Waals surface area contributed by atoms with Gasteiger partial charge in [0.25, 0.3) is 10.1 Å². The second-order valence-electron chi connectivity index (χ2n) is 5.97. The lowest BCUT2D eigenvalue weighted by Crippen LogP contribution is -2.12. The van der Waals surface area contributed by atoms with Crippen LogP contribution in [0.1, 0.15) is 17.1 Å². The summed E-state index contributed by atoms with van der Waals surface area (Å²) < 4.78 is 39.2. The number of aromatic nitrogens is 3. The molecule has 0 atom stereocenters. The number of methoxy groups -OCH3 is 1. The number of nitrogens with zero attached hydrogens (tertiary/aromatic N) is 2. The van der Waals surface area contributed by atoms with Gasteiger partial charge in [0.05, 0.1) is 24.2 Å². The minimum Gasteiger partial charge on any atom is -0.497 e. The van der Waals surface area contributed by atoms with Crippen molar-refractivity contribution in [2.45, 2.75) is 25.6 Å². The van der Waals surface area contributed by atoms with E-state index in [1.54, 1.807) is 7.11 Å². The molecule has 8 heteroatoms. The van der Waals surface area contributed by atoms with E-state index >= 15 is 0 Å². The molecule has 4 rings (SSSR count). The quantitative estimate of drug-likeness (QED) is 0.709. The van der Waals surface area contributed by atoms with E-state index in [0.29, 0.717) is 5.69 Å². The lowest BCUT2D eigenvalue weighted by Gasteiger charge is -2.17. The summed E-state index contributed by atoms with van der Waals surface area (Å²) in [5.41, 5.74) is 4.05. The molecule has 3 heterocycles. The molecule has 2 N–H and O–H groups in total. The SMILES string of the molecule is COc1ccc2[nH]c3c(c2c1)CCn1c(C)nc(CS(=O)(=O)O)c1-3. The van der Waals surface area contributed by atoms with Gasteiger partial charge in [0.15, 0.2) is 0 Å². The number of hydrogen-bond acceptors (Lipinski definition) is 4. The number of ether oxygens (including phenoxy) is 1. The maximum atomic E-state index is 11.3. The molecule has 0 radical (unpaired) electrons. The number of imidazole rings is 1. The van der Waals surface area contributed by atoms with E-state index in [2.05, 4.69) is 9.97 Å². The lowest BCUT2D eigenvalue weighted by molar-refractivity contribution is 0.415. The molecule has 24 heavy (non-hydrogen) atoms. The monoisotopic (exact) mass is 347 g/mol. The number of H-pyrrole nitrogens is 1. The minimum atomic E-state index is -4.15. The van der Waals surface area contributed by atoms with Crippen molar-refractivity contribution >= 4 is 21.0 Å². The molecule has 0 fully saturated rings. The fourth-order valence-electron chi connectivity index (χ4n) is 3.49. The molecular formula is C16H17N3O4S. The fraction of sp³-hybridized carbons (Fsp3) is 0.312. The van der Waals surface area contributed by atoms with Crippen molar-refractivity contribution in [2.24, 2.45) is 0 Å². The fourth-order valence-corrected chi connectivity index (χ4v) is 4.04. The van der Waals surface area contributed by atoms with Gasteiger partial charge >= 0.3 is 0 Å². The predicted octanol–water partition coefficient (Wildman–Crippen LogP) is 2.29. The van der Waals surface area contributed by atoms with Crippen LogP contribution < -0.4 is 4.74 Å². The van der Waals surface area contributed by atoms with E-state index in [0.717, 1.165) is 52.4 Å². The van der Waals surface area contributed by atoms with Crippen LogP contribution in [0.5, 0.6) is 5.75 Å². The van der Waals surface area contributed by atoms with Crippen LogP contribution in [0.3, 0.4) is 0 Å². The first-order valence-electron chi connectivity index (χ1n) is 7.57. The maximum Gasteiger partial charge on any atom is 0.270 e. The Labute approximate surface area is 139 Å². The van der Waals surface area contributed by atoms with Crippen LogP contribution in [-0.4, -0.2) is 34.6 Å². The summed E-state index contributed by atoms with van der Waals surface area (Å²) in [5, 5.41) is 1.06. The molecule has 0 spiro atoms. The molecule has 3 aromatic rings. The highest BCUT2D eigenvalue weighted by Crippen LogP contribution is 2.38. The number of benzene rings is 1. The molecule has 0 aliphatic carbocycles. The first-order valence-corrected chi connectivity index (χ1v) is 9.18. The van der Waals surface area contributed by atoms with E-state index in [4.69, 9.17) is 4.74 Å². The molecule has 0 saturated heterocycles. The second kappa shape index (κ2) is 5.09. The number of hydrogen-bond donors (Lipinski definition) is 2. The van der Waals surface area contributed by atoms with Crippen LogP contribution in [0.2, 0.25) is 0 Å². The molecule has 0 saturated carbocycles. The molecule has 0 amide bonds. The van der Waals surface area contributed by atoms with Gasteiger partial charge in [-0.2, -0.15) is 8.42 Å². The van der Waals surface area contributed by atoms with E-state index in [1.807, 2.05) is 29.7 Å². The van der Waals surface area contributed by atoms with Crippen molar-refractivity contribution in [3.05, 3.63) is 35.3 Å². The maximum absolute atomic E-state index is 11.3. The molecule has 7 nitrogen and oxygen atoms in total. The molecule has 126 valence electrons. The largest absolute Gasteiger partial charge is 0.497 e. The molecule has 1 aliphatic heterocycles. The van der Waals surface area contributed by atoms with Gasteiger partial charge in [-0.3, -0.25) is 4.55 Å². The zero-order valence-corrected chi connectivity index (χ0v) is 14.1. The highest BCUT2D eigenvalue weighted by atomic mass is 32.2. The lowest BCUT2D eigenvalue weighted by atomic mass is 10.0. The summed E-state index contributed by atoms with van der Waals surface area (Å²) in [6.45, 7) is 2.56. The number of rotatable bonds is 3. The van der Waals surface area contributed by atoms with Gasteiger partial charge in [0.2, 0.25) is 0 Å². The average molecular weight is 347 g/mol. The Morgan fingerprint density at radius 2 is 2.21 bits per heavy atom. The Kier molecular flexibility index (Phi) is 3.23. The third kappa shape index (κ3) is 2.30. The minimum absolute atomic E-state index is 0.370. The summed E-state index contributed by atoms with van der Waals surface area (Å²) in [6, 6.07) is 5.81. The zero-order valence-electron chi connectivity index (χ0n) is 13.3. The van der Waals surface area contributed by atoms with Crippen LogP contribution in [0.25, 0.3) is 22.3 Å². The highest BCUT2D eigenvalue weighted by molar-refractivity contribution is 7.85. The first-order chi connectivity index (χ1) is 11.4. The predicted molar refractivity (Wildman–Crippen MR) is 89.8 cm³/mol. The third-order valence-corrected chi connectivity index (χ3v) is 5.12. The van der Waals surface area contributed by atoms with Crippen LogP contribution >= 0.6 is 0 Å². The Hall–Kier alpha value is -2.32. The van der Waals surface area contributed by atoms with Crippen molar-refractivity contribution in [3.8, 4) is 17.1 Å². The molecule has 0 bridgehead atoms. The summed E-state index contributed by atoms with van der Waals surface area (Å²) in [4.78, 5) is 7.73. The first kappa shape index (κ1) is 15.2. The van der Waals surface area contributed by atoms with Gasteiger partial charge in [-0.15, -0.1) is 0 Å². The van der Waals surface area contributed by atoms with Crippen LogP contribution in [0.4, 0.5) is 0 Å². The Bertz CT molecular complexity index is 1060.